The molecule has 2 heterocycles. The molecule has 0 bridgehead atoms. The fourth-order valence-electron chi connectivity index (χ4n) is 1.96. The zero-order chi connectivity index (χ0) is 13.4. The Labute approximate surface area is 122 Å². The molecular weight excluding hydrogens is 335 g/mol. The van der Waals surface area contributed by atoms with Crippen molar-refractivity contribution >= 4 is 27.5 Å². The number of nitrogens with zero attached hydrogens (tertiary/aromatic N) is 2. The van der Waals surface area contributed by atoms with Gasteiger partial charge in [0.2, 0.25) is 0 Å². The highest BCUT2D eigenvalue weighted by molar-refractivity contribution is 9.10. The van der Waals surface area contributed by atoms with Gasteiger partial charge in [-0.2, -0.15) is 0 Å². The second-order valence-corrected chi connectivity index (χ2v) is 5.41. The van der Waals surface area contributed by atoms with Crippen LogP contribution < -0.4 is 0 Å². The lowest BCUT2D eigenvalue weighted by atomic mass is 10.1. The van der Waals surface area contributed by atoms with Gasteiger partial charge in [-0.3, -0.25) is 0 Å². The largest absolute Gasteiger partial charge is 0.376 e. The van der Waals surface area contributed by atoms with Crippen molar-refractivity contribution in [3.05, 3.63) is 44.9 Å². The van der Waals surface area contributed by atoms with Crippen LogP contribution in [0.1, 0.15) is 11.3 Å². The molecule has 0 N–H and O–H groups in total. The minimum Gasteiger partial charge on any atom is -0.376 e. The number of aromatic nitrogens is 2. The van der Waals surface area contributed by atoms with E-state index in [1.165, 1.54) is 6.07 Å². The van der Waals surface area contributed by atoms with E-state index in [1.54, 1.807) is 12.1 Å². The summed E-state index contributed by atoms with van der Waals surface area (Å²) in [6.07, 6.45) is 0.715. The van der Waals surface area contributed by atoms with Crippen LogP contribution in [0.2, 0.25) is 5.15 Å². The highest BCUT2D eigenvalue weighted by Crippen LogP contribution is 2.28. The van der Waals surface area contributed by atoms with Gasteiger partial charge in [-0.15, -0.1) is 0 Å². The molecule has 1 aliphatic rings. The first kappa shape index (κ1) is 13.0. The van der Waals surface area contributed by atoms with Crippen LogP contribution in [-0.4, -0.2) is 16.6 Å². The summed E-state index contributed by atoms with van der Waals surface area (Å²) in [6.45, 7) is 1.08. The number of rotatable bonds is 1. The fraction of sp³-hybridized carbons (Fsp3) is 0.231. The molecule has 0 spiro atoms. The molecule has 3 rings (SSSR count). The van der Waals surface area contributed by atoms with Crippen LogP contribution in [0, 0.1) is 5.82 Å². The Morgan fingerprint density at radius 2 is 2.16 bits per heavy atom. The predicted octanol–water partition coefficient (Wildman–Crippen LogP) is 3.77. The third-order valence-electron chi connectivity index (χ3n) is 2.95. The van der Waals surface area contributed by atoms with Gasteiger partial charge in [0, 0.05) is 17.5 Å². The molecule has 2 aromatic rings. The lowest BCUT2D eigenvalue weighted by molar-refractivity contribution is 0.109. The quantitative estimate of drug-likeness (QED) is 0.739. The summed E-state index contributed by atoms with van der Waals surface area (Å²) in [5.41, 5.74) is 2.48. The van der Waals surface area contributed by atoms with E-state index in [4.69, 9.17) is 16.3 Å². The maximum absolute atomic E-state index is 13.2. The molecule has 0 amide bonds. The number of ether oxygens (including phenoxy) is 1. The van der Waals surface area contributed by atoms with E-state index in [2.05, 4.69) is 25.9 Å². The standard InChI is InChI=1S/C13H9BrClFN2O/c14-9-5-7(1-2-10(9)16)13-17-11-3-4-19-6-8(11)12(15)18-13/h1-2,5H,3-4,6H2. The molecule has 0 fully saturated rings. The highest BCUT2D eigenvalue weighted by Gasteiger charge is 2.18. The summed E-state index contributed by atoms with van der Waals surface area (Å²) in [7, 11) is 0. The molecule has 1 aliphatic heterocycles. The van der Waals surface area contributed by atoms with Gasteiger partial charge >= 0.3 is 0 Å². The number of fused-ring (bicyclic) bond motifs is 1. The number of hydrogen-bond acceptors (Lipinski definition) is 3. The van der Waals surface area contributed by atoms with Crippen molar-refractivity contribution in [3.8, 4) is 11.4 Å². The van der Waals surface area contributed by atoms with E-state index >= 15 is 0 Å². The third kappa shape index (κ3) is 2.50. The fourth-order valence-corrected chi connectivity index (χ4v) is 2.58. The Balaban J connectivity index is 2.10. The van der Waals surface area contributed by atoms with Crippen molar-refractivity contribution in [2.45, 2.75) is 13.0 Å². The van der Waals surface area contributed by atoms with Gasteiger partial charge < -0.3 is 4.74 Å². The summed E-state index contributed by atoms with van der Waals surface area (Å²) in [4.78, 5) is 8.75. The van der Waals surface area contributed by atoms with Crippen LogP contribution in [-0.2, 0) is 17.8 Å². The maximum atomic E-state index is 13.2. The maximum Gasteiger partial charge on any atom is 0.161 e. The monoisotopic (exact) mass is 342 g/mol. The minimum atomic E-state index is -0.318. The summed E-state index contributed by atoms with van der Waals surface area (Å²) in [5, 5.41) is 0.403. The van der Waals surface area contributed by atoms with Crippen LogP contribution in [0.5, 0.6) is 0 Å². The van der Waals surface area contributed by atoms with E-state index in [0.29, 0.717) is 35.1 Å². The summed E-state index contributed by atoms with van der Waals surface area (Å²) < 4.78 is 19.0. The molecule has 0 radical (unpaired) electrons. The molecule has 0 unspecified atom stereocenters. The first-order chi connectivity index (χ1) is 9.15. The van der Waals surface area contributed by atoms with E-state index in [9.17, 15) is 4.39 Å². The third-order valence-corrected chi connectivity index (χ3v) is 3.87. The Kier molecular flexibility index (Phi) is 3.52. The van der Waals surface area contributed by atoms with E-state index in [1.807, 2.05) is 0 Å². The van der Waals surface area contributed by atoms with E-state index in [0.717, 1.165) is 16.8 Å². The second-order valence-electron chi connectivity index (χ2n) is 4.19. The van der Waals surface area contributed by atoms with Gasteiger partial charge in [-0.1, -0.05) is 11.6 Å². The van der Waals surface area contributed by atoms with Gasteiger partial charge in [0.05, 0.1) is 23.4 Å². The van der Waals surface area contributed by atoms with Crippen LogP contribution >= 0.6 is 27.5 Å². The molecule has 6 heteroatoms. The van der Waals surface area contributed by atoms with Crippen molar-refractivity contribution in [3.63, 3.8) is 0 Å². The molecule has 0 saturated heterocycles. The van der Waals surface area contributed by atoms with Gasteiger partial charge in [0.1, 0.15) is 11.0 Å². The predicted molar refractivity (Wildman–Crippen MR) is 73.5 cm³/mol. The summed E-state index contributed by atoms with van der Waals surface area (Å²) >= 11 is 9.30. The molecule has 1 aromatic heterocycles. The van der Waals surface area contributed by atoms with Gasteiger partial charge in [-0.05, 0) is 34.1 Å². The second kappa shape index (κ2) is 5.15. The molecule has 0 atom stereocenters. The van der Waals surface area contributed by atoms with Crippen molar-refractivity contribution < 1.29 is 9.13 Å². The lowest BCUT2D eigenvalue weighted by Crippen LogP contribution is -2.14. The van der Waals surface area contributed by atoms with Crippen LogP contribution in [0.15, 0.2) is 22.7 Å². The van der Waals surface area contributed by atoms with Gasteiger partial charge in [0.25, 0.3) is 0 Å². The lowest BCUT2D eigenvalue weighted by Gasteiger charge is -2.17. The Bertz CT molecular complexity index is 651. The smallest absolute Gasteiger partial charge is 0.161 e. The topological polar surface area (TPSA) is 35.0 Å². The summed E-state index contributed by atoms with van der Waals surface area (Å²) in [5.74, 6) is 0.188. The molecule has 0 aliphatic carbocycles. The summed E-state index contributed by atoms with van der Waals surface area (Å²) in [6, 6.07) is 4.66. The molecule has 98 valence electrons. The van der Waals surface area contributed by atoms with E-state index in [-0.39, 0.29) is 5.82 Å². The number of hydrogen-bond donors (Lipinski definition) is 0. The van der Waals surface area contributed by atoms with Crippen molar-refractivity contribution in [1.82, 2.24) is 9.97 Å². The Morgan fingerprint density at radius 1 is 1.32 bits per heavy atom. The van der Waals surface area contributed by atoms with Crippen molar-refractivity contribution in [2.24, 2.45) is 0 Å². The van der Waals surface area contributed by atoms with Crippen LogP contribution in [0.4, 0.5) is 4.39 Å². The zero-order valence-electron chi connectivity index (χ0n) is 9.79. The molecule has 1 aromatic carbocycles. The van der Waals surface area contributed by atoms with Crippen LogP contribution in [0.3, 0.4) is 0 Å². The average molecular weight is 344 g/mol. The van der Waals surface area contributed by atoms with Crippen molar-refractivity contribution in [1.29, 1.82) is 0 Å². The highest BCUT2D eigenvalue weighted by atomic mass is 79.9. The van der Waals surface area contributed by atoms with Gasteiger partial charge in [-0.25, -0.2) is 14.4 Å². The first-order valence-corrected chi connectivity index (χ1v) is 6.90. The molecular formula is C13H9BrClFN2O. The van der Waals surface area contributed by atoms with Crippen LogP contribution in [0.25, 0.3) is 11.4 Å². The Hall–Kier alpha value is -1.04. The first-order valence-electron chi connectivity index (χ1n) is 5.73. The van der Waals surface area contributed by atoms with E-state index < -0.39 is 0 Å². The molecule has 0 saturated carbocycles. The Morgan fingerprint density at radius 3 is 2.95 bits per heavy atom. The average Bonchev–Trinajstić information content (AvgIpc) is 2.42. The zero-order valence-corrected chi connectivity index (χ0v) is 12.1. The SMILES string of the molecule is Fc1ccc(-c2nc(Cl)c3c(n2)CCOC3)cc1Br. The van der Waals surface area contributed by atoms with Crippen molar-refractivity contribution in [2.75, 3.05) is 6.61 Å². The number of halogens is 3. The molecule has 19 heavy (non-hydrogen) atoms. The number of benzene rings is 1. The van der Waals surface area contributed by atoms with Gasteiger partial charge in [0.15, 0.2) is 5.82 Å². The molecule has 3 nitrogen and oxygen atoms in total. The minimum absolute atomic E-state index is 0.318. The normalized spacial score (nSPS) is 14.3.